The summed E-state index contributed by atoms with van der Waals surface area (Å²) in [6.45, 7) is 1.79. The highest BCUT2D eigenvalue weighted by Crippen LogP contribution is 2.13. The van der Waals surface area contributed by atoms with Crippen molar-refractivity contribution in [2.75, 3.05) is 13.2 Å². The maximum Gasteiger partial charge on any atom is 0.242 e. The van der Waals surface area contributed by atoms with E-state index in [0.717, 1.165) is 11.1 Å². The molecule has 6 heteroatoms. The zero-order valence-corrected chi connectivity index (χ0v) is 14.7. The van der Waals surface area contributed by atoms with Gasteiger partial charge in [0.2, 0.25) is 11.8 Å². The monoisotopic (exact) mass is 358 g/mol. The van der Waals surface area contributed by atoms with E-state index in [1.165, 1.54) is 17.0 Å². The zero-order chi connectivity index (χ0) is 18.9. The zero-order valence-electron chi connectivity index (χ0n) is 14.7. The Morgan fingerprint density at radius 2 is 1.73 bits per heavy atom. The molecule has 2 aromatic rings. The number of benzene rings is 2. The van der Waals surface area contributed by atoms with Gasteiger partial charge in [0, 0.05) is 13.1 Å². The molecule has 2 amide bonds. The van der Waals surface area contributed by atoms with Crippen LogP contribution in [0.15, 0.2) is 54.6 Å². The Morgan fingerprint density at radius 3 is 2.35 bits per heavy atom. The Morgan fingerprint density at radius 1 is 1.08 bits per heavy atom. The Labute approximate surface area is 152 Å². The lowest BCUT2D eigenvalue weighted by Crippen LogP contribution is -2.48. The molecule has 0 saturated carbocycles. The van der Waals surface area contributed by atoms with Gasteiger partial charge in [-0.05, 0) is 30.2 Å². The summed E-state index contributed by atoms with van der Waals surface area (Å²) in [5.41, 5.74) is 1.58. The van der Waals surface area contributed by atoms with Crippen LogP contribution in [0.2, 0.25) is 0 Å². The number of rotatable bonds is 8. The van der Waals surface area contributed by atoms with Gasteiger partial charge in [0.05, 0.1) is 13.0 Å². The van der Waals surface area contributed by atoms with Crippen molar-refractivity contribution in [1.29, 1.82) is 0 Å². The maximum atomic E-state index is 13.1. The first-order valence-electron chi connectivity index (χ1n) is 8.47. The van der Waals surface area contributed by atoms with Gasteiger partial charge in [-0.2, -0.15) is 0 Å². The minimum atomic E-state index is -0.720. The van der Waals surface area contributed by atoms with Crippen LogP contribution in [0.25, 0.3) is 0 Å². The van der Waals surface area contributed by atoms with E-state index in [2.05, 4.69) is 5.32 Å². The van der Waals surface area contributed by atoms with Gasteiger partial charge in [0.25, 0.3) is 0 Å². The average molecular weight is 358 g/mol. The van der Waals surface area contributed by atoms with Crippen LogP contribution in [-0.4, -0.2) is 41.0 Å². The number of aliphatic hydroxyl groups excluding tert-OH is 1. The first kappa shape index (κ1) is 19.6. The molecule has 0 saturated heterocycles. The Kier molecular flexibility index (Phi) is 7.29. The number of halogens is 1. The summed E-state index contributed by atoms with van der Waals surface area (Å²) in [5.74, 6) is -0.903. The number of hydrogen-bond acceptors (Lipinski definition) is 3. The molecule has 0 radical (unpaired) electrons. The second-order valence-corrected chi connectivity index (χ2v) is 6.00. The first-order valence-corrected chi connectivity index (χ1v) is 8.47. The van der Waals surface area contributed by atoms with Gasteiger partial charge >= 0.3 is 0 Å². The molecule has 2 aromatic carbocycles. The summed E-state index contributed by atoms with van der Waals surface area (Å²) in [4.78, 5) is 26.6. The van der Waals surface area contributed by atoms with Gasteiger partial charge in [-0.1, -0.05) is 42.5 Å². The topological polar surface area (TPSA) is 69.6 Å². The van der Waals surface area contributed by atoms with Crippen LogP contribution < -0.4 is 5.32 Å². The van der Waals surface area contributed by atoms with E-state index in [4.69, 9.17) is 5.11 Å². The predicted octanol–water partition coefficient (Wildman–Crippen LogP) is 1.89. The maximum absolute atomic E-state index is 13.1. The van der Waals surface area contributed by atoms with Crippen molar-refractivity contribution in [3.8, 4) is 0 Å². The molecule has 0 aliphatic heterocycles. The van der Waals surface area contributed by atoms with Gasteiger partial charge in [-0.25, -0.2) is 4.39 Å². The van der Waals surface area contributed by atoms with E-state index in [0.29, 0.717) is 0 Å². The average Bonchev–Trinajstić information content (AvgIpc) is 2.65. The smallest absolute Gasteiger partial charge is 0.242 e. The van der Waals surface area contributed by atoms with Crippen LogP contribution in [-0.2, 0) is 22.6 Å². The molecule has 1 unspecified atom stereocenters. The number of amides is 2. The van der Waals surface area contributed by atoms with Crippen molar-refractivity contribution in [2.24, 2.45) is 0 Å². The Bertz CT molecular complexity index is 720. The molecule has 138 valence electrons. The quantitative estimate of drug-likeness (QED) is 0.757. The molecule has 2 rings (SSSR count). The van der Waals surface area contributed by atoms with Gasteiger partial charge in [-0.3, -0.25) is 9.59 Å². The summed E-state index contributed by atoms with van der Waals surface area (Å²) < 4.78 is 13.1. The highest BCUT2D eigenvalue weighted by atomic mass is 19.1. The third-order valence-electron chi connectivity index (χ3n) is 4.04. The number of carbonyl (C=O) groups excluding carboxylic acids is 2. The lowest BCUT2D eigenvalue weighted by molar-refractivity contribution is -0.140. The van der Waals surface area contributed by atoms with Crippen molar-refractivity contribution < 1.29 is 19.1 Å². The van der Waals surface area contributed by atoms with Gasteiger partial charge in [0.1, 0.15) is 11.9 Å². The highest BCUT2D eigenvalue weighted by molar-refractivity contribution is 5.88. The molecule has 2 N–H and O–H groups in total. The Balaban J connectivity index is 2.17. The number of carbonyl (C=O) groups is 2. The van der Waals surface area contributed by atoms with Crippen molar-refractivity contribution in [2.45, 2.75) is 25.9 Å². The number of nitrogens with zero attached hydrogens (tertiary/aromatic N) is 1. The van der Waals surface area contributed by atoms with E-state index in [-0.39, 0.29) is 43.7 Å². The van der Waals surface area contributed by atoms with E-state index in [1.807, 2.05) is 30.3 Å². The van der Waals surface area contributed by atoms with E-state index >= 15 is 0 Å². The highest BCUT2D eigenvalue weighted by Gasteiger charge is 2.26. The summed E-state index contributed by atoms with van der Waals surface area (Å²) in [5, 5.41) is 11.5. The molecule has 0 spiro atoms. The van der Waals surface area contributed by atoms with Gasteiger partial charge < -0.3 is 15.3 Å². The van der Waals surface area contributed by atoms with Crippen molar-refractivity contribution in [3.05, 3.63) is 71.5 Å². The SMILES string of the molecule is CC(C(=O)NCCO)N(Cc1ccc(F)cc1)C(=O)Cc1ccccc1. The molecule has 0 bridgehead atoms. The number of nitrogens with one attached hydrogen (secondary N) is 1. The molecule has 0 aromatic heterocycles. The largest absolute Gasteiger partial charge is 0.395 e. The van der Waals surface area contributed by atoms with Gasteiger partial charge in [-0.15, -0.1) is 0 Å². The van der Waals surface area contributed by atoms with Crippen LogP contribution >= 0.6 is 0 Å². The fourth-order valence-electron chi connectivity index (χ4n) is 2.57. The summed E-state index contributed by atoms with van der Waals surface area (Å²) >= 11 is 0. The number of aliphatic hydroxyl groups is 1. The van der Waals surface area contributed by atoms with Crippen LogP contribution in [0.1, 0.15) is 18.1 Å². The third-order valence-corrected chi connectivity index (χ3v) is 4.04. The van der Waals surface area contributed by atoms with Crippen LogP contribution in [0.5, 0.6) is 0 Å². The van der Waals surface area contributed by atoms with Crippen molar-refractivity contribution in [3.63, 3.8) is 0 Å². The standard InChI is InChI=1S/C20H23FN2O3/c1-15(20(26)22-11-12-24)23(14-17-7-9-18(21)10-8-17)19(25)13-16-5-3-2-4-6-16/h2-10,15,24H,11-14H2,1H3,(H,22,26). The van der Waals surface area contributed by atoms with Crippen molar-refractivity contribution >= 4 is 11.8 Å². The minimum Gasteiger partial charge on any atom is -0.395 e. The van der Waals surface area contributed by atoms with E-state index in [1.54, 1.807) is 19.1 Å². The second-order valence-electron chi connectivity index (χ2n) is 6.00. The van der Waals surface area contributed by atoms with Crippen LogP contribution in [0.4, 0.5) is 4.39 Å². The lowest BCUT2D eigenvalue weighted by Gasteiger charge is -2.29. The summed E-state index contributed by atoms with van der Waals surface area (Å²) in [6, 6.07) is 14.4. The van der Waals surface area contributed by atoms with Crippen LogP contribution in [0.3, 0.4) is 0 Å². The lowest BCUT2D eigenvalue weighted by atomic mass is 10.1. The molecule has 1 atom stereocenters. The summed E-state index contributed by atoms with van der Waals surface area (Å²) in [6.07, 6.45) is 0.166. The molecule has 0 heterocycles. The van der Waals surface area contributed by atoms with E-state index < -0.39 is 6.04 Å². The first-order chi connectivity index (χ1) is 12.5. The van der Waals surface area contributed by atoms with Gasteiger partial charge in [0.15, 0.2) is 0 Å². The van der Waals surface area contributed by atoms with Crippen LogP contribution in [0, 0.1) is 5.82 Å². The molecule has 26 heavy (non-hydrogen) atoms. The molecule has 0 aliphatic carbocycles. The second kappa shape index (κ2) is 9.68. The summed E-state index contributed by atoms with van der Waals surface area (Å²) in [7, 11) is 0. The fourth-order valence-corrected chi connectivity index (χ4v) is 2.57. The molecule has 5 nitrogen and oxygen atoms in total. The Hall–Kier alpha value is -2.73. The predicted molar refractivity (Wildman–Crippen MR) is 96.7 cm³/mol. The van der Waals surface area contributed by atoms with Crippen molar-refractivity contribution in [1.82, 2.24) is 10.2 Å². The molecular formula is C20H23FN2O3. The normalized spacial score (nSPS) is 11.7. The van der Waals surface area contributed by atoms with E-state index in [9.17, 15) is 14.0 Å². The fraction of sp³-hybridized carbons (Fsp3) is 0.300. The molecular weight excluding hydrogens is 335 g/mol. The third kappa shape index (κ3) is 5.67. The number of hydrogen-bond donors (Lipinski definition) is 2. The molecule has 0 fully saturated rings. The minimum absolute atomic E-state index is 0.125. The molecule has 0 aliphatic rings.